The predicted molar refractivity (Wildman–Crippen MR) is 163 cm³/mol. The summed E-state index contributed by atoms with van der Waals surface area (Å²) in [6, 6.07) is 30.3. The van der Waals surface area contributed by atoms with Gasteiger partial charge in [0, 0.05) is 16.0 Å². The van der Waals surface area contributed by atoms with Gasteiger partial charge in [0.15, 0.2) is 11.5 Å². The molecule has 5 rings (SSSR count). The molecular weight excluding hydrogens is 590 g/mol. The van der Waals surface area contributed by atoms with Crippen LogP contribution in [0.2, 0.25) is 5.02 Å². The highest BCUT2D eigenvalue weighted by molar-refractivity contribution is 9.10. The van der Waals surface area contributed by atoms with Crippen LogP contribution < -0.4 is 14.9 Å². The Kier molecular flexibility index (Phi) is 8.74. The SMILES string of the molecule is CCOc1cc(/C=N\NC(=O)c2cc(-c3ccccc3)nc3ccccc23)cc(Br)c1OCc1ccc(Cl)cc1. The number of hydrogen-bond acceptors (Lipinski definition) is 5. The number of pyridine rings is 1. The van der Waals surface area contributed by atoms with Gasteiger partial charge < -0.3 is 9.47 Å². The topological polar surface area (TPSA) is 72.8 Å². The molecule has 1 N–H and O–H groups in total. The summed E-state index contributed by atoms with van der Waals surface area (Å²) in [5.74, 6) is 0.806. The molecule has 0 aliphatic heterocycles. The van der Waals surface area contributed by atoms with Crippen LogP contribution >= 0.6 is 27.5 Å². The van der Waals surface area contributed by atoms with E-state index in [9.17, 15) is 4.79 Å². The highest BCUT2D eigenvalue weighted by atomic mass is 79.9. The first-order chi connectivity index (χ1) is 19.5. The second-order valence-electron chi connectivity index (χ2n) is 8.82. The molecule has 4 aromatic carbocycles. The van der Waals surface area contributed by atoms with Crippen LogP contribution in [-0.2, 0) is 6.61 Å². The zero-order chi connectivity index (χ0) is 27.9. The third-order valence-corrected chi connectivity index (χ3v) is 6.88. The summed E-state index contributed by atoms with van der Waals surface area (Å²) in [6.45, 7) is 2.71. The number of rotatable bonds is 9. The molecule has 0 fully saturated rings. The molecule has 1 heterocycles. The highest BCUT2D eigenvalue weighted by Gasteiger charge is 2.15. The third-order valence-electron chi connectivity index (χ3n) is 6.04. The van der Waals surface area contributed by atoms with Gasteiger partial charge in [0.2, 0.25) is 0 Å². The molecular formula is C32H25BrClN3O3. The largest absolute Gasteiger partial charge is 0.490 e. The van der Waals surface area contributed by atoms with E-state index in [0.29, 0.717) is 45.5 Å². The Bertz CT molecular complexity index is 1680. The molecule has 1 amide bonds. The molecule has 6 nitrogen and oxygen atoms in total. The first kappa shape index (κ1) is 27.4. The minimum atomic E-state index is -0.334. The Morgan fingerprint density at radius 3 is 2.50 bits per heavy atom. The van der Waals surface area contributed by atoms with Crippen LogP contribution in [0.5, 0.6) is 11.5 Å². The van der Waals surface area contributed by atoms with Gasteiger partial charge in [-0.2, -0.15) is 5.10 Å². The van der Waals surface area contributed by atoms with E-state index in [1.54, 1.807) is 12.3 Å². The molecule has 40 heavy (non-hydrogen) atoms. The fourth-order valence-corrected chi connectivity index (χ4v) is 4.85. The molecule has 0 spiro atoms. The van der Waals surface area contributed by atoms with Gasteiger partial charge in [-0.1, -0.05) is 72.3 Å². The molecule has 200 valence electrons. The van der Waals surface area contributed by atoms with Crippen molar-refractivity contribution in [3.63, 3.8) is 0 Å². The molecule has 0 bridgehead atoms. The zero-order valence-electron chi connectivity index (χ0n) is 21.6. The number of carbonyl (C=O) groups excluding carboxylic acids is 1. The number of benzene rings is 4. The summed E-state index contributed by atoms with van der Waals surface area (Å²) in [5.41, 5.74) is 7.23. The molecule has 0 aliphatic rings. The Labute approximate surface area is 245 Å². The van der Waals surface area contributed by atoms with Gasteiger partial charge in [0.1, 0.15) is 6.61 Å². The lowest BCUT2D eigenvalue weighted by molar-refractivity contribution is 0.0956. The molecule has 0 unspecified atom stereocenters. The number of para-hydroxylation sites is 1. The Morgan fingerprint density at radius 2 is 1.73 bits per heavy atom. The average molecular weight is 615 g/mol. The predicted octanol–water partition coefficient (Wildman–Crippen LogP) is 8.06. The van der Waals surface area contributed by atoms with Crippen molar-refractivity contribution in [3.05, 3.63) is 123 Å². The molecule has 5 aromatic rings. The lowest BCUT2D eigenvalue weighted by atomic mass is 10.0. The summed E-state index contributed by atoms with van der Waals surface area (Å²) < 4.78 is 12.6. The van der Waals surface area contributed by atoms with Crippen molar-refractivity contribution in [2.24, 2.45) is 5.10 Å². The zero-order valence-corrected chi connectivity index (χ0v) is 23.9. The average Bonchev–Trinajstić information content (AvgIpc) is 2.97. The Balaban J connectivity index is 1.36. The number of fused-ring (bicyclic) bond motifs is 1. The van der Waals surface area contributed by atoms with Crippen molar-refractivity contribution in [2.75, 3.05) is 6.61 Å². The molecule has 1 aromatic heterocycles. The van der Waals surface area contributed by atoms with Gasteiger partial charge in [0.25, 0.3) is 5.91 Å². The molecule has 0 atom stereocenters. The van der Waals surface area contributed by atoms with Gasteiger partial charge in [-0.25, -0.2) is 10.4 Å². The smallest absolute Gasteiger partial charge is 0.272 e. The monoisotopic (exact) mass is 613 g/mol. The lowest BCUT2D eigenvalue weighted by Crippen LogP contribution is -2.18. The molecule has 0 saturated carbocycles. The maximum atomic E-state index is 13.2. The van der Waals surface area contributed by atoms with E-state index >= 15 is 0 Å². The second kappa shape index (κ2) is 12.8. The van der Waals surface area contributed by atoms with Crippen LogP contribution in [0.1, 0.15) is 28.4 Å². The van der Waals surface area contributed by atoms with Crippen molar-refractivity contribution >= 4 is 50.6 Å². The van der Waals surface area contributed by atoms with Gasteiger partial charge in [-0.3, -0.25) is 4.79 Å². The number of hydrazone groups is 1. The van der Waals surface area contributed by atoms with Crippen molar-refractivity contribution in [2.45, 2.75) is 13.5 Å². The molecule has 0 radical (unpaired) electrons. The van der Waals surface area contributed by atoms with E-state index < -0.39 is 0 Å². The number of nitrogens with zero attached hydrogens (tertiary/aromatic N) is 2. The third kappa shape index (κ3) is 6.50. The first-order valence-electron chi connectivity index (χ1n) is 12.6. The number of halogens is 2. The number of ether oxygens (including phenoxy) is 2. The van der Waals surface area contributed by atoms with Crippen LogP contribution in [0.25, 0.3) is 22.2 Å². The van der Waals surface area contributed by atoms with Gasteiger partial charge in [-0.05, 0) is 70.4 Å². The fraction of sp³-hybridized carbons (Fsp3) is 0.0938. The lowest BCUT2D eigenvalue weighted by Gasteiger charge is -2.15. The van der Waals surface area contributed by atoms with Crippen LogP contribution in [0.15, 0.2) is 107 Å². The summed E-state index contributed by atoms with van der Waals surface area (Å²) in [5, 5.41) is 5.65. The number of carbonyl (C=O) groups is 1. The van der Waals surface area contributed by atoms with E-state index in [0.717, 1.165) is 27.6 Å². The van der Waals surface area contributed by atoms with Crippen LogP contribution in [0, 0.1) is 0 Å². The van der Waals surface area contributed by atoms with E-state index in [-0.39, 0.29) is 5.91 Å². The van der Waals surface area contributed by atoms with E-state index in [2.05, 4.69) is 26.5 Å². The van der Waals surface area contributed by atoms with Crippen molar-refractivity contribution in [1.82, 2.24) is 10.4 Å². The summed E-state index contributed by atoms with van der Waals surface area (Å²) in [6.07, 6.45) is 1.57. The standard InChI is InChI=1S/C32H25BrClN3O3/c1-2-39-30-17-22(16-27(33)31(30)40-20-21-12-14-24(34)15-13-21)19-35-37-32(38)26-18-29(23-8-4-3-5-9-23)36-28-11-7-6-10-25(26)28/h3-19H,2,20H2,1H3,(H,37,38)/b35-19-. The van der Waals surface area contributed by atoms with Crippen LogP contribution in [0.4, 0.5) is 0 Å². The maximum absolute atomic E-state index is 13.2. The highest BCUT2D eigenvalue weighted by Crippen LogP contribution is 2.37. The fourth-order valence-electron chi connectivity index (χ4n) is 4.15. The second-order valence-corrected chi connectivity index (χ2v) is 10.1. The van der Waals surface area contributed by atoms with Crippen molar-refractivity contribution < 1.29 is 14.3 Å². The Morgan fingerprint density at radius 1 is 0.975 bits per heavy atom. The minimum absolute atomic E-state index is 0.334. The number of amides is 1. The molecule has 8 heteroatoms. The summed E-state index contributed by atoms with van der Waals surface area (Å²) >= 11 is 9.57. The van der Waals surface area contributed by atoms with Gasteiger partial charge >= 0.3 is 0 Å². The van der Waals surface area contributed by atoms with Gasteiger partial charge in [-0.15, -0.1) is 0 Å². The van der Waals surface area contributed by atoms with E-state index in [1.165, 1.54) is 0 Å². The van der Waals surface area contributed by atoms with E-state index in [4.69, 9.17) is 26.1 Å². The van der Waals surface area contributed by atoms with Crippen LogP contribution in [0.3, 0.4) is 0 Å². The number of aromatic nitrogens is 1. The van der Waals surface area contributed by atoms with Gasteiger partial charge in [0.05, 0.1) is 34.1 Å². The van der Waals surface area contributed by atoms with E-state index in [1.807, 2.05) is 97.9 Å². The van der Waals surface area contributed by atoms with Crippen molar-refractivity contribution in [3.8, 4) is 22.8 Å². The first-order valence-corrected chi connectivity index (χ1v) is 13.8. The minimum Gasteiger partial charge on any atom is -0.490 e. The Hall–Kier alpha value is -4.20. The normalized spacial score (nSPS) is 11.1. The molecule has 0 aliphatic carbocycles. The number of hydrogen-bond donors (Lipinski definition) is 1. The van der Waals surface area contributed by atoms with Crippen LogP contribution in [-0.4, -0.2) is 23.7 Å². The summed E-state index contributed by atoms with van der Waals surface area (Å²) in [4.78, 5) is 18.0. The number of nitrogens with one attached hydrogen (secondary N) is 1. The quantitative estimate of drug-likeness (QED) is 0.135. The van der Waals surface area contributed by atoms with Crippen molar-refractivity contribution in [1.29, 1.82) is 0 Å². The molecule has 0 saturated heterocycles. The maximum Gasteiger partial charge on any atom is 0.272 e. The summed E-state index contributed by atoms with van der Waals surface area (Å²) in [7, 11) is 0.